The van der Waals surface area contributed by atoms with Crippen molar-refractivity contribution in [2.24, 2.45) is 5.73 Å². The Bertz CT molecular complexity index is 66.0. The van der Waals surface area contributed by atoms with E-state index in [1.54, 1.807) is 0 Å². The van der Waals surface area contributed by atoms with Crippen molar-refractivity contribution in [3.63, 3.8) is 0 Å². The van der Waals surface area contributed by atoms with E-state index in [2.05, 4.69) is 0 Å². The van der Waals surface area contributed by atoms with Crippen molar-refractivity contribution in [1.29, 1.82) is 0 Å². The van der Waals surface area contributed by atoms with Crippen molar-refractivity contribution in [3.8, 4) is 0 Å². The number of nitrogens with two attached hydrogens (primary N) is 1. The molecule has 42 valence electrons. The summed E-state index contributed by atoms with van der Waals surface area (Å²) < 4.78 is 0. The number of amides is 1. The first-order chi connectivity index (χ1) is 3.27. The highest BCUT2D eigenvalue weighted by molar-refractivity contribution is 8.82. The zero-order valence-corrected chi connectivity index (χ0v) is 5.64. The van der Waals surface area contributed by atoms with Crippen molar-refractivity contribution >= 4 is 26.8 Å². The topological polar surface area (TPSA) is 43.1 Å². The van der Waals surface area contributed by atoms with Crippen LogP contribution in [-0.4, -0.2) is 11.0 Å². The fraction of sp³-hybridized carbons (Fsp3) is 0.667. The highest BCUT2D eigenvalue weighted by Crippen LogP contribution is 2.18. The Hall–Kier alpha value is 0.170. The fourth-order valence-corrected chi connectivity index (χ4v) is 1.05. The maximum absolute atomic E-state index is 9.92. The van der Waals surface area contributed by atoms with Gasteiger partial charge in [-0.2, -0.15) is 0 Å². The van der Waals surface area contributed by atoms with Gasteiger partial charge in [0.2, 0.25) is 0 Å². The van der Waals surface area contributed by atoms with Crippen LogP contribution in [0.5, 0.6) is 0 Å². The third kappa shape index (κ3) is 6.17. The Labute approximate surface area is 50.6 Å². The van der Waals surface area contributed by atoms with Gasteiger partial charge in [-0.25, -0.2) is 0 Å². The van der Waals surface area contributed by atoms with Gasteiger partial charge in [-0.05, 0) is 0 Å². The molecule has 0 atom stereocenters. The van der Waals surface area contributed by atoms with Crippen LogP contribution in [0.2, 0.25) is 0 Å². The summed E-state index contributed by atoms with van der Waals surface area (Å²) in [5.74, 6) is 0.924. The molecule has 0 bridgehead atoms. The molecule has 0 heterocycles. The van der Waals surface area contributed by atoms with Crippen LogP contribution < -0.4 is 5.73 Å². The zero-order valence-electron chi connectivity index (χ0n) is 4.01. The van der Waals surface area contributed by atoms with Crippen molar-refractivity contribution in [1.82, 2.24) is 0 Å². The number of hydrogen-bond donors (Lipinski definition) is 1. The molecule has 0 unspecified atom stereocenters. The van der Waals surface area contributed by atoms with Gasteiger partial charge < -0.3 is 5.73 Å². The van der Waals surface area contributed by atoms with Crippen molar-refractivity contribution in [2.75, 3.05) is 5.75 Å². The van der Waals surface area contributed by atoms with E-state index in [1.807, 2.05) is 6.92 Å². The molecule has 0 radical (unpaired) electrons. The Morgan fingerprint density at radius 2 is 2.43 bits per heavy atom. The second-order valence-corrected chi connectivity index (χ2v) is 3.40. The minimum Gasteiger partial charge on any atom is -0.360 e. The summed E-state index contributed by atoms with van der Waals surface area (Å²) >= 11 is 0. The van der Waals surface area contributed by atoms with Crippen LogP contribution in [0, 0.1) is 0 Å². The van der Waals surface area contributed by atoms with Crippen molar-refractivity contribution in [3.05, 3.63) is 0 Å². The van der Waals surface area contributed by atoms with Gasteiger partial charge in [0.15, 0.2) is 0 Å². The summed E-state index contributed by atoms with van der Waals surface area (Å²) in [7, 11) is 2.55. The first-order valence-corrected chi connectivity index (χ1v) is 4.18. The van der Waals surface area contributed by atoms with Crippen LogP contribution in [-0.2, 0) is 0 Å². The van der Waals surface area contributed by atoms with E-state index >= 15 is 0 Å². The summed E-state index contributed by atoms with van der Waals surface area (Å²) in [6.45, 7) is 1.97. The SMILES string of the molecule is CCSSC(N)=O. The van der Waals surface area contributed by atoms with Gasteiger partial charge in [0.25, 0.3) is 5.24 Å². The van der Waals surface area contributed by atoms with Crippen LogP contribution in [0.4, 0.5) is 4.79 Å². The minimum absolute atomic E-state index is 0.313. The normalized spacial score (nSPS) is 8.71. The maximum Gasteiger partial charge on any atom is 0.287 e. The minimum atomic E-state index is -0.313. The number of rotatable bonds is 2. The molecule has 1 amide bonds. The molecule has 0 aliphatic heterocycles. The highest BCUT2D eigenvalue weighted by Gasteiger charge is 1.89. The van der Waals surface area contributed by atoms with E-state index in [-0.39, 0.29) is 5.24 Å². The molecule has 0 aromatic heterocycles. The van der Waals surface area contributed by atoms with E-state index in [4.69, 9.17) is 5.73 Å². The maximum atomic E-state index is 9.92. The monoisotopic (exact) mass is 137 g/mol. The fourth-order valence-electron chi connectivity index (χ4n) is 0.117. The van der Waals surface area contributed by atoms with E-state index < -0.39 is 0 Å². The molecule has 0 aliphatic carbocycles. The Morgan fingerprint density at radius 1 is 1.86 bits per heavy atom. The van der Waals surface area contributed by atoms with Gasteiger partial charge in [0.05, 0.1) is 0 Å². The molecule has 4 heteroatoms. The molecule has 0 aliphatic rings. The van der Waals surface area contributed by atoms with Gasteiger partial charge in [-0.1, -0.05) is 17.7 Å². The van der Waals surface area contributed by atoms with Crippen LogP contribution in [0.1, 0.15) is 6.92 Å². The summed E-state index contributed by atoms with van der Waals surface area (Å²) in [6, 6.07) is 0. The molecule has 0 saturated carbocycles. The lowest BCUT2D eigenvalue weighted by atomic mass is 11.0. The predicted molar refractivity (Wildman–Crippen MR) is 35.3 cm³/mol. The molecule has 2 nitrogen and oxygen atoms in total. The van der Waals surface area contributed by atoms with Gasteiger partial charge in [0.1, 0.15) is 0 Å². The molecule has 0 rings (SSSR count). The molecule has 0 spiro atoms. The van der Waals surface area contributed by atoms with Crippen LogP contribution >= 0.6 is 21.6 Å². The van der Waals surface area contributed by atoms with E-state index in [9.17, 15) is 4.79 Å². The zero-order chi connectivity index (χ0) is 5.70. The molecular weight excluding hydrogens is 130 g/mol. The molecule has 0 aromatic rings. The number of carbonyl (C=O) groups is 1. The van der Waals surface area contributed by atoms with Gasteiger partial charge in [-0.3, -0.25) is 4.79 Å². The molecule has 7 heavy (non-hydrogen) atoms. The average Bonchev–Trinajstić information content (AvgIpc) is 1.61. The summed E-state index contributed by atoms with van der Waals surface area (Å²) in [5.41, 5.74) is 4.78. The average molecular weight is 137 g/mol. The predicted octanol–water partition coefficient (Wildman–Crippen LogP) is 1.47. The van der Waals surface area contributed by atoms with Gasteiger partial charge >= 0.3 is 0 Å². The molecule has 2 N–H and O–H groups in total. The Balaban J connectivity index is 2.82. The van der Waals surface area contributed by atoms with Crippen LogP contribution in [0.3, 0.4) is 0 Å². The third-order valence-corrected chi connectivity index (χ3v) is 2.33. The van der Waals surface area contributed by atoms with Crippen molar-refractivity contribution in [2.45, 2.75) is 6.92 Å². The van der Waals surface area contributed by atoms with E-state index in [1.165, 1.54) is 10.8 Å². The molecular formula is C3H7NOS2. The second-order valence-electron chi connectivity index (χ2n) is 0.809. The standard InChI is InChI=1S/C3H7NOS2/c1-2-6-7-3(4)5/h2H2,1H3,(H2,4,5). The van der Waals surface area contributed by atoms with E-state index in [0.717, 1.165) is 16.5 Å². The summed E-state index contributed by atoms with van der Waals surface area (Å²) in [5, 5.41) is -0.313. The lowest BCUT2D eigenvalue weighted by molar-refractivity contribution is 0.267. The first-order valence-electron chi connectivity index (χ1n) is 1.86. The smallest absolute Gasteiger partial charge is 0.287 e. The largest absolute Gasteiger partial charge is 0.360 e. The van der Waals surface area contributed by atoms with Crippen LogP contribution in [0.15, 0.2) is 0 Å². The summed E-state index contributed by atoms with van der Waals surface area (Å²) in [4.78, 5) is 9.92. The first kappa shape index (κ1) is 7.17. The van der Waals surface area contributed by atoms with Crippen molar-refractivity contribution < 1.29 is 4.79 Å². The molecule has 0 saturated heterocycles. The number of carbonyl (C=O) groups excluding carboxylic acids is 1. The molecule has 0 aromatic carbocycles. The highest BCUT2D eigenvalue weighted by atomic mass is 33.1. The number of hydrogen-bond acceptors (Lipinski definition) is 3. The third-order valence-electron chi connectivity index (χ3n) is 0.259. The second kappa shape index (κ2) is 4.33. The Morgan fingerprint density at radius 3 is 2.57 bits per heavy atom. The number of primary amides is 1. The summed E-state index contributed by atoms with van der Waals surface area (Å²) in [6.07, 6.45) is 0. The lowest BCUT2D eigenvalue weighted by Gasteiger charge is -1.85. The Kier molecular flexibility index (Phi) is 4.44. The van der Waals surface area contributed by atoms with Gasteiger partial charge in [0, 0.05) is 16.5 Å². The lowest BCUT2D eigenvalue weighted by Crippen LogP contribution is -1.99. The molecule has 0 fully saturated rings. The van der Waals surface area contributed by atoms with E-state index in [0.29, 0.717) is 0 Å². The van der Waals surface area contributed by atoms with Crippen LogP contribution in [0.25, 0.3) is 0 Å². The quantitative estimate of drug-likeness (QED) is 0.586. The van der Waals surface area contributed by atoms with Gasteiger partial charge in [-0.15, -0.1) is 0 Å².